The number of hydrogen-bond acceptors (Lipinski definition) is 2. The van der Waals surface area contributed by atoms with E-state index in [1.165, 1.54) is 19.3 Å². The first-order valence-corrected chi connectivity index (χ1v) is 9.34. The van der Waals surface area contributed by atoms with Crippen molar-refractivity contribution in [1.29, 1.82) is 0 Å². The number of alkyl halides is 3. The van der Waals surface area contributed by atoms with Crippen molar-refractivity contribution >= 4 is 5.97 Å². The third-order valence-corrected chi connectivity index (χ3v) is 3.44. The summed E-state index contributed by atoms with van der Waals surface area (Å²) in [5, 5.41) is 0. The van der Waals surface area contributed by atoms with E-state index in [4.69, 9.17) is 0 Å². The molecule has 0 saturated heterocycles. The summed E-state index contributed by atoms with van der Waals surface area (Å²) in [6.07, 6.45) is 20.1. The van der Waals surface area contributed by atoms with Crippen LogP contribution in [0, 0.1) is 0 Å². The molecule has 0 spiro atoms. The normalized spacial score (nSPS) is 12.9. The molecule has 148 valence electrons. The molecular formula is C21H31F3O2. The van der Waals surface area contributed by atoms with Crippen molar-refractivity contribution in [2.45, 2.75) is 77.5 Å². The number of rotatable bonds is 14. The van der Waals surface area contributed by atoms with Crippen LogP contribution >= 0.6 is 0 Å². The Balaban J connectivity index is 3.53. The van der Waals surface area contributed by atoms with Gasteiger partial charge in [-0.25, -0.2) is 0 Å². The maximum atomic E-state index is 11.8. The molecular weight excluding hydrogens is 341 g/mol. The quantitative estimate of drug-likeness (QED) is 0.183. The molecule has 0 N–H and O–H groups in total. The van der Waals surface area contributed by atoms with E-state index in [0.717, 1.165) is 25.7 Å². The van der Waals surface area contributed by atoms with Crippen LogP contribution in [-0.2, 0) is 9.53 Å². The molecule has 0 aromatic heterocycles. The van der Waals surface area contributed by atoms with Gasteiger partial charge in [0.15, 0.2) is 0 Å². The minimum Gasteiger partial charge on any atom is -0.373 e. The Morgan fingerprint density at radius 3 is 1.69 bits per heavy atom. The summed E-state index contributed by atoms with van der Waals surface area (Å²) in [6.45, 7) is 2.20. The first kappa shape index (κ1) is 24.2. The first-order valence-electron chi connectivity index (χ1n) is 9.34. The highest BCUT2D eigenvalue weighted by Crippen LogP contribution is 2.17. The maximum absolute atomic E-state index is 11.8. The van der Waals surface area contributed by atoms with E-state index in [-0.39, 0.29) is 6.42 Å². The highest BCUT2D eigenvalue weighted by molar-refractivity contribution is 5.69. The molecule has 0 unspecified atom stereocenters. The molecule has 0 rings (SSSR count). The van der Waals surface area contributed by atoms with Crippen LogP contribution in [0.15, 0.2) is 48.6 Å². The average molecular weight is 372 g/mol. The van der Waals surface area contributed by atoms with Crippen molar-refractivity contribution in [2.75, 3.05) is 0 Å². The molecule has 0 aliphatic rings. The van der Waals surface area contributed by atoms with Crippen LogP contribution in [0.25, 0.3) is 0 Å². The maximum Gasteiger partial charge on any atom is 0.575 e. The lowest BCUT2D eigenvalue weighted by molar-refractivity contribution is -0.305. The summed E-state index contributed by atoms with van der Waals surface area (Å²) in [5.74, 6) is -1.23. The molecule has 0 amide bonds. The topological polar surface area (TPSA) is 26.3 Å². The highest BCUT2D eigenvalue weighted by atomic mass is 19.4. The van der Waals surface area contributed by atoms with Crippen LogP contribution in [0.1, 0.15) is 71.1 Å². The molecule has 26 heavy (non-hydrogen) atoms. The fourth-order valence-corrected chi connectivity index (χ4v) is 2.11. The molecule has 0 atom stereocenters. The van der Waals surface area contributed by atoms with E-state index in [1.807, 2.05) is 18.2 Å². The Hall–Kier alpha value is -1.78. The number of hydrogen-bond donors (Lipinski definition) is 0. The molecule has 5 heteroatoms. The Labute approximate surface area is 155 Å². The lowest BCUT2D eigenvalue weighted by Gasteiger charge is -2.05. The Bertz CT molecular complexity index is 460. The molecule has 0 aromatic carbocycles. The van der Waals surface area contributed by atoms with Gasteiger partial charge in [0, 0.05) is 6.42 Å². The SMILES string of the molecule is CCCCC/C=C\C/C=C\C/C=C\C/C=C\CCCC(=O)OC(F)(F)F. The second-order valence-corrected chi connectivity index (χ2v) is 5.90. The molecule has 0 fully saturated rings. The van der Waals surface area contributed by atoms with E-state index in [9.17, 15) is 18.0 Å². The second-order valence-electron chi connectivity index (χ2n) is 5.90. The molecule has 0 heterocycles. The van der Waals surface area contributed by atoms with Crippen molar-refractivity contribution in [1.82, 2.24) is 0 Å². The van der Waals surface area contributed by atoms with Gasteiger partial charge in [0.1, 0.15) is 0 Å². The van der Waals surface area contributed by atoms with E-state index in [2.05, 4.69) is 42.0 Å². The van der Waals surface area contributed by atoms with E-state index >= 15 is 0 Å². The summed E-state index contributed by atoms with van der Waals surface area (Å²) in [7, 11) is 0. The number of esters is 1. The van der Waals surface area contributed by atoms with Gasteiger partial charge in [-0.3, -0.25) is 4.79 Å². The minimum absolute atomic E-state index is 0.225. The van der Waals surface area contributed by atoms with E-state index in [0.29, 0.717) is 12.8 Å². The summed E-state index contributed by atoms with van der Waals surface area (Å²) in [4.78, 5) is 10.8. The molecule has 0 aromatic rings. The van der Waals surface area contributed by atoms with Crippen LogP contribution in [-0.4, -0.2) is 12.3 Å². The van der Waals surface area contributed by atoms with E-state index in [1.54, 1.807) is 0 Å². The molecule has 0 aliphatic heterocycles. The zero-order chi connectivity index (χ0) is 19.5. The highest BCUT2D eigenvalue weighted by Gasteiger charge is 2.33. The number of allylic oxidation sites excluding steroid dienone is 8. The zero-order valence-electron chi connectivity index (χ0n) is 15.6. The number of unbranched alkanes of at least 4 members (excludes halogenated alkanes) is 4. The third kappa shape index (κ3) is 20.3. The van der Waals surface area contributed by atoms with Crippen molar-refractivity contribution < 1.29 is 22.7 Å². The van der Waals surface area contributed by atoms with Crippen LogP contribution in [0.2, 0.25) is 0 Å². The Kier molecular flexibility index (Phi) is 15.5. The minimum atomic E-state index is -4.88. The van der Waals surface area contributed by atoms with Gasteiger partial charge in [0.25, 0.3) is 0 Å². The van der Waals surface area contributed by atoms with Crippen LogP contribution in [0.3, 0.4) is 0 Å². The van der Waals surface area contributed by atoms with Gasteiger partial charge < -0.3 is 4.74 Å². The monoisotopic (exact) mass is 372 g/mol. The van der Waals surface area contributed by atoms with Gasteiger partial charge in [-0.15, -0.1) is 13.2 Å². The number of carbonyl (C=O) groups excluding carboxylic acids is 1. The largest absolute Gasteiger partial charge is 0.575 e. The molecule has 0 radical (unpaired) electrons. The third-order valence-electron chi connectivity index (χ3n) is 3.44. The molecule has 0 aliphatic carbocycles. The van der Waals surface area contributed by atoms with Crippen molar-refractivity contribution in [3.05, 3.63) is 48.6 Å². The van der Waals surface area contributed by atoms with Crippen molar-refractivity contribution in [3.8, 4) is 0 Å². The fourth-order valence-electron chi connectivity index (χ4n) is 2.11. The standard InChI is InChI=1S/C21H31F3O2/c1-2-3-4-5-6-7-8-9-10-11-12-13-14-15-16-17-18-19-20(25)26-21(22,23)24/h6-7,9-10,12-13,15-16H,2-5,8,11,14,17-19H2,1H3/b7-6-,10-9-,13-12-,16-15-. The van der Waals surface area contributed by atoms with E-state index < -0.39 is 12.3 Å². The molecule has 0 bridgehead atoms. The first-order chi connectivity index (χ1) is 12.5. The summed E-state index contributed by atoms with van der Waals surface area (Å²) in [6, 6.07) is 0. The smallest absolute Gasteiger partial charge is 0.373 e. The average Bonchev–Trinajstić information content (AvgIpc) is 2.56. The number of ether oxygens (including phenoxy) is 1. The van der Waals surface area contributed by atoms with Crippen LogP contribution in [0.4, 0.5) is 13.2 Å². The lowest BCUT2D eigenvalue weighted by atomic mass is 10.2. The van der Waals surface area contributed by atoms with Crippen LogP contribution in [0.5, 0.6) is 0 Å². The predicted octanol–water partition coefficient (Wildman–Crippen LogP) is 7.20. The number of halogens is 3. The number of carbonyl (C=O) groups is 1. The summed E-state index contributed by atoms with van der Waals surface area (Å²) >= 11 is 0. The van der Waals surface area contributed by atoms with Crippen molar-refractivity contribution in [3.63, 3.8) is 0 Å². The summed E-state index contributed by atoms with van der Waals surface area (Å²) in [5.41, 5.74) is 0. The van der Waals surface area contributed by atoms with Crippen LogP contribution < -0.4 is 0 Å². The second kappa shape index (κ2) is 16.7. The molecule has 2 nitrogen and oxygen atoms in total. The zero-order valence-corrected chi connectivity index (χ0v) is 15.6. The Morgan fingerprint density at radius 1 is 0.769 bits per heavy atom. The van der Waals surface area contributed by atoms with Gasteiger partial charge >= 0.3 is 12.3 Å². The summed E-state index contributed by atoms with van der Waals surface area (Å²) < 4.78 is 38.5. The van der Waals surface area contributed by atoms with Gasteiger partial charge in [-0.2, -0.15) is 0 Å². The fraction of sp³-hybridized carbons (Fsp3) is 0.571. The molecule has 0 saturated carbocycles. The van der Waals surface area contributed by atoms with Gasteiger partial charge in [-0.05, 0) is 44.9 Å². The van der Waals surface area contributed by atoms with Gasteiger partial charge in [0.05, 0.1) is 0 Å². The van der Waals surface area contributed by atoms with Gasteiger partial charge in [-0.1, -0.05) is 68.4 Å². The predicted molar refractivity (Wildman–Crippen MR) is 101 cm³/mol. The van der Waals surface area contributed by atoms with Gasteiger partial charge in [0.2, 0.25) is 0 Å². The van der Waals surface area contributed by atoms with Crippen molar-refractivity contribution in [2.24, 2.45) is 0 Å². The Morgan fingerprint density at radius 2 is 1.23 bits per heavy atom. The lowest BCUT2D eigenvalue weighted by Crippen LogP contribution is -2.18.